The van der Waals surface area contributed by atoms with E-state index in [4.69, 9.17) is 4.74 Å². The molecule has 82 valence electrons. The van der Waals surface area contributed by atoms with Gasteiger partial charge >= 0.3 is 0 Å². The molecule has 2 fully saturated rings. The molecule has 0 saturated heterocycles. The number of hydrogen-bond acceptors (Lipinski definition) is 3. The maximum atomic E-state index is 9.43. The standard InChI is InChI=1S/C11H21NO2/c1-14-10(13)12-9-5-3-2-4-6-11(9)7-8-11/h9-10,12-13H,2-8H2,1H3/t9-,10?/m1/s1. The Hall–Kier alpha value is -0.120. The predicted octanol–water partition coefficient (Wildman–Crippen LogP) is 1.61. The third kappa shape index (κ3) is 2.10. The summed E-state index contributed by atoms with van der Waals surface area (Å²) in [4.78, 5) is 0. The van der Waals surface area contributed by atoms with Gasteiger partial charge in [0.25, 0.3) is 0 Å². The molecular formula is C11H21NO2. The highest BCUT2D eigenvalue weighted by molar-refractivity contribution is 5.02. The Balaban J connectivity index is 1.93. The minimum absolute atomic E-state index is 0.472. The summed E-state index contributed by atoms with van der Waals surface area (Å²) in [6, 6.07) is 0.472. The maximum absolute atomic E-state index is 9.43. The van der Waals surface area contributed by atoms with Gasteiger partial charge < -0.3 is 9.84 Å². The van der Waals surface area contributed by atoms with E-state index in [1.165, 1.54) is 52.1 Å². The largest absolute Gasteiger partial charge is 0.356 e. The fourth-order valence-corrected chi connectivity index (χ4v) is 2.74. The fourth-order valence-electron chi connectivity index (χ4n) is 2.74. The quantitative estimate of drug-likeness (QED) is 0.679. The van der Waals surface area contributed by atoms with Gasteiger partial charge in [-0.1, -0.05) is 19.3 Å². The summed E-state index contributed by atoms with van der Waals surface area (Å²) in [6.45, 7) is 0. The van der Waals surface area contributed by atoms with Gasteiger partial charge in [-0.05, 0) is 31.1 Å². The minimum Gasteiger partial charge on any atom is -0.356 e. The zero-order valence-electron chi connectivity index (χ0n) is 8.96. The highest BCUT2D eigenvalue weighted by Crippen LogP contribution is 2.55. The van der Waals surface area contributed by atoms with Crippen LogP contribution in [0.4, 0.5) is 0 Å². The molecule has 14 heavy (non-hydrogen) atoms. The molecule has 1 spiro atoms. The van der Waals surface area contributed by atoms with Crippen LogP contribution in [0, 0.1) is 5.41 Å². The summed E-state index contributed by atoms with van der Waals surface area (Å²) in [5.41, 5.74) is 0.510. The van der Waals surface area contributed by atoms with E-state index in [0.717, 1.165) is 0 Å². The van der Waals surface area contributed by atoms with Crippen LogP contribution in [0.25, 0.3) is 0 Å². The van der Waals surface area contributed by atoms with Crippen LogP contribution in [0.1, 0.15) is 44.9 Å². The Labute approximate surface area is 85.8 Å². The minimum atomic E-state index is -0.782. The van der Waals surface area contributed by atoms with Crippen molar-refractivity contribution in [3.05, 3.63) is 0 Å². The molecule has 2 aliphatic carbocycles. The van der Waals surface area contributed by atoms with E-state index in [0.29, 0.717) is 11.5 Å². The lowest BCUT2D eigenvalue weighted by Crippen LogP contribution is -2.44. The normalized spacial score (nSPS) is 32.6. The zero-order valence-corrected chi connectivity index (χ0v) is 8.96. The molecule has 2 N–H and O–H groups in total. The first-order valence-electron chi connectivity index (χ1n) is 5.74. The number of methoxy groups -OCH3 is 1. The fraction of sp³-hybridized carbons (Fsp3) is 1.00. The van der Waals surface area contributed by atoms with Gasteiger partial charge in [-0.15, -0.1) is 0 Å². The molecule has 0 radical (unpaired) electrons. The molecule has 1 unspecified atom stereocenters. The van der Waals surface area contributed by atoms with Gasteiger partial charge in [0.2, 0.25) is 6.41 Å². The number of aliphatic hydroxyl groups is 1. The lowest BCUT2D eigenvalue weighted by atomic mass is 9.91. The first kappa shape index (κ1) is 10.4. The Morgan fingerprint density at radius 1 is 1.29 bits per heavy atom. The van der Waals surface area contributed by atoms with E-state index in [9.17, 15) is 5.11 Å². The molecule has 0 aromatic rings. The molecule has 0 amide bonds. The Bertz CT molecular complexity index is 192. The molecule has 2 aliphatic rings. The average molecular weight is 199 g/mol. The van der Waals surface area contributed by atoms with E-state index in [1.807, 2.05) is 0 Å². The predicted molar refractivity (Wildman–Crippen MR) is 54.7 cm³/mol. The summed E-state index contributed by atoms with van der Waals surface area (Å²) >= 11 is 0. The van der Waals surface area contributed by atoms with E-state index >= 15 is 0 Å². The van der Waals surface area contributed by atoms with Crippen LogP contribution >= 0.6 is 0 Å². The van der Waals surface area contributed by atoms with Crippen LogP contribution in [-0.4, -0.2) is 24.7 Å². The monoisotopic (exact) mass is 199 g/mol. The first-order chi connectivity index (χ1) is 6.77. The highest BCUT2D eigenvalue weighted by Gasteiger charge is 2.49. The van der Waals surface area contributed by atoms with Gasteiger partial charge in [0.05, 0.1) is 0 Å². The Morgan fingerprint density at radius 3 is 2.71 bits per heavy atom. The topological polar surface area (TPSA) is 41.5 Å². The van der Waals surface area contributed by atoms with Gasteiger partial charge in [0.15, 0.2) is 0 Å². The van der Waals surface area contributed by atoms with Gasteiger partial charge in [0.1, 0.15) is 0 Å². The molecule has 3 nitrogen and oxygen atoms in total. The summed E-state index contributed by atoms with van der Waals surface area (Å²) in [5, 5.41) is 12.6. The summed E-state index contributed by atoms with van der Waals surface area (Å²) in [7, 11) is 1.54. The van der Waals surface area contributed by atoms with Crippen LogP contribution in [0.5, 0.6) is 0 Å². The number of rotatable bonds is 3. The van der Waals surface area contributed by atoms with Gasteiger partial charge in [-0.3, -0.25) is 5.32 Å². The van der Waals surface area contributed by atoms with Crippen molar-refractivity contribution in [2.45, 2.75) is 57.4 Å². The van der Waals surface area contributed by atoms with Crippen LogP contribution in [-0.2, 0) is 4.74 Å². The number of hydrogen-bond donors (Lipinski definition) is 2. The molecule has 0 heterocycles. The van der Waals surface area contributed by atoms with Crippen LogP contribution in [0.3, 0.4) is 0 Å². The van der Waals surface area contributed by atoms with Crippen molar-refractivity contribution >= 4 is 0 Å². The van der Waals surface area contributed by atoms with Crippen LogP contribution < -0.4 is 5.32 Å². The molecule has 2 atom stereocenters. The lowest BCUT2D eigenvalue weighted by molar-refractivity contribution is -0.108. The average Bonchev–Trinajstić information content (AvgIpc) is 2.98. The van der Waals surface area contributed by atoms with E-state index in [-0.39, 0.29) is 0 Å². The third-order valence-corrected chi connectivity index (χ3v) is 3.87. The molecule has 0 aromatic carbocycles. The third-order valence-electron chi connectivity index (χ3n) is 3.87. The Kier molecular flexibility index (Phi) is 3.10. The van der Waals surface area contributed by atoms with Crippen LogP contribution in [0.2, 0.25) is 0 Å². The summed E-state index contributed by atoms with van der Waals surface area (Å²) < 4.78 is 4.86. The van der Waals surface area contributed by atoms with Crippen molar-refractivity contribution < 1.29 is 9.84 Å². The number of ether oxygens (including phenoxy) is 1. The zero-order chi connectivity index (χ0) is 10.0. The summed E-state index contributed by atoms with van der Waals surface area (Å²) in [5.74, 6) is 0. The molecule has 0 bridgehead atoms. The second kappa shape index (κ2) is 4.17. The summed E-state index contributed by atoms with van der Waals surface area (Å²) in [6.07, 6.45) is 8.42. The smallest absolute Gasteiger partial charge is 0.213 e. The van der Waals surface area contributed by atoms with Gasteiger partial charge in [-0.2, -0.15) is 0 Å². The SMILES string of the molecule is COC(O)N[C@@H]1CCCCCC12CC2. The molecule has 2 rings (SSSR count). The maximum Gasteiger partial charge on any atom is 0.213 e. The van der Waals surface area contributed by atoms with Gasteiger partial charge in [0, 0.05) is 13.2 Å². The van der Waals surface area contributed by atoms with Gasteiger partial charge in [-0.25, -0.2) is 0 Å². The van der Waals surface area contributed by atoms with Crippen molar-refractivity contribution in [1.82, 2.24) is 5.32 Å². The number of aliphatic hydroxyl groups excluding tert-OH is 1. The second-order valence-electron chi connectivity index (χ2n) is 4.77. The van der Waals surface area contributed by atoms with Crippen molar-refractivity contribution in [3.63, 3.8) is 0 Å². The molecular weight excluding hydrogens is 178 g/mol. The van der Waals surface area contributed by atoms with Crippen LogP contribution in [0.15, 0.2) is 0 Å². The Morgan fingerprint density at radius 2 is 2.07 bits per heavy atom. The van der Waals surface area contributed by atoms with E-state index in [2.05, 4.69) is 5.32 Å². The lowest BCUT2D eigenvalue weighted by Gasteiger charge is -2.27. The van der Waals surface area contributed by atoms with Crippen molar-refractivity contribution in [3.8, 4) is 0 Å². The molecule has 0 aromatic heterocycles. The van der Waals surface area contributed by atoms with E-state index < -0.39 is 6.41 Å². The number of nitrogens with one attached hydrogen (secondary N) is 1. The first-order valence-corrected chi connectivity index (χ1v) is 5.74. The molecule has 2 saturated carbocycles. The van der Waals surface area contributed by atoms with E-state index in [1.54, 1.807) is 0 Å². The molecule has 0 aliphatic heterocycles. The van der Waals surface area contributed by atoms with Crippen molar-refractivity contribution in [2.24, 2.45) is 5.41 Å². The highest BCUT2D eigenvalue weighted by atomic mass is 16.6. The molecule has 3 heteroatoms. The van der Waals surface area contributed by atoms with Crippen molar-refractivity contribution in [2.75, 3.05) is 7.11 Å². The second-order valence-corrected chi connectivity index (χ2v) is 4.77. The van der Waals surface area contributed by atoms with Crippen molar-refractivity contribution in [1.29, 1.82) is 0 Å².